The van der Waals surface area contributed by atoms with Gasteiger partial charge in [-0.3, -0.25) is 9.59 Å². The summed E-state index contributed by atoms with van der Waals surface area (Å²) >= 11 is 7.55. The van der Waals surface area contributed by atoms with Crippen molar-refractivity contribution < 1.29 is 9.59 Å². The Hall–Kier alpha value is -1.85. The summed E-state index contributed by atoms with van der Waals surface area (Å²) in [7, 11) is 0. The molecule has 1 fully saturated rings. The van der Waals surface area contributed by atoms with Gasteiger partial charge in [-0.25, -0.2) is 0 Å². The SMILES string of the molecule is O=C(NCC(=O)N1CCCC1c1cccs1)c1cccc(Cl)c1. The van der Waals surface area contributed by atoms with Crippen LogP contribution in [0.2, 0.25) is 5.02 Å². The van der Waals surface area contributed by atoms with Gasteiger partial charge in [-0.15, -0.1) is 11.3 Å². The monoisotopic (exact) mass is 348 g/mol. The third-order valence-electron chi connectivity index (χ3n) is 3.93. The third kappa shape index (κ3) is 3.74. The lowest BCUT2D eigenvalue weighted by Crippen LogP contribution is -2.39. The minimum Gasteiger partial charge on any atom is -0.343 e. The van der Waals surface area contributed by atoms with Crippen LogP contribution in [-0.4, -0.2) is 29.8 Å². The summed E-state index contributed by atoms with van der Waals surface area (Å²) in [6, 6.07) is 10.9. The number of benzene rings is 1. The summed E-state index contributed by atoms with van der Waals surface area (Å²) in [5.74, 6) is -0.330. The van der Waals surface area contributed by atoms with Crippen molar-refractivity contribution in [3.63, 3.8) is 0 Å². The number of hydrogen-bond donors (Lipinski definition) is 1. The van der Waals surface area contributed by atoms with Crippen LogP contribution in [0.15, 0.2) is 41.8 Å². The maximum absolute atomic E-state index is 12.4. The number of halogens is 1. The molecule has 6 heteroatoms. The van der Waals surface area contributed by atoms with Crippen molar-refractivity contribution in [2.24, 2.45) is 0 Å². The van der Waals surface area contributed by atoms with E-state index >= 15 is 0 Å². The Morgan fingerprint density at radius 2 is 2.17 bits per heavy atom. The molecule has 0 radical (unpaired) electrons. The molecular weight excluding hydrogens is 332 g/mol. The number of nitrogens with one attached hydrogen (secondary N) is 1. The average Bonchev–Trinajstić information content (AvgIpc) is 3.22. The van der Waals surface area contributed by atoms with E-state index in [-0.39, 0.29) is 24.4 Å². The summed E-state index contributed by atoms with van der Waals surface area (Å²) in [6.45, 7) is 0.752. The number of thiophene rings is 1. The fourth-order valence-corrected chi connectivity index (χ4v) is 3.89. The predicted molar refractivity (Wildman–Crippen MR) is 91.8 cm³/mol. The number of carbonyl (C=O) groups excluding carboxylic acids is 2. The Balaban J connectivity index is 1.60. The highest BCUT2D eigenvalue weighted by Gasteiger charge is 2.30. The molecule has 1 unspecified atom stereocenters. The number of nitrogens with zero attached hydrogens (tertiary/aromatic N) is 1. The summed E-state index contributed by atoms with van der Waals surface area (Å²) in [5.41, 5.74) is 0.460. The first-order valence-corrected chi connectivity index (χ1v) is 8.77. The Morgan fingerprint density at radius 3 is 2.91 bits per heavy atom. The van der Waals surface area contributed by atoms with Gasteiger partial charge in [0, 0.05) is 22.0 Å². The normalized spacial score (nSPS) is 17.3. The Morgan fingerprint density at radius 1 is 1.30 bits per heavy atom. The number of rotatable bonds is 4. The second-order valence-corrected chi connectivity index (χ2v) is 6.87. The highest BCUT2D eigenvalue weighted by atomic mass is 35.5. The van der Waals surface area contributed by atoms with E-state index < -0.39 is 0 Å². The maximum Gasteiger partial charge on any atom is 0.251 e. The molecule has 1 N–H and O–H groups in total. The first kappa shape index (κ1) is 16.0. The molecule has 1 aromatic carbocycles. The van der Waals surface area contributed by atoms with Crippen LogP contribution in [0, 0.1) is 0 Å². The molecule has 23 heavy (non-hydrogen) atoms. The van der Waals surface area contributed by atoms with Gasteiger partial charge < -0.3 is 10.2 Å². The summed E-state index contributed by atoms with van der Waals surface area (Å²) in [6.07, 6.45) is 1.98. The van der Waals surface area contributed by atoms with E-state index in [1.54, 1.807) is 35.6 Å². The Kier molecular flexibility index (Phi) is 4.98. The van der Waals surface area contributed by atoms with E-state index in [1.165, 1.54) is 4.88 Å². The number of amides is 2. The molecule has 2 amide bonds. The van der Waals surface area contributed by atoms with Crippen molar-refractivity contribution in [2.75, 3.05) is 13.1 Å². The molecule has 0 aliphatic carbocycles. The van der Waals surface area contributed by atoms with Gasteiger partial charge in [0.2, 0.25) is 5.91 Å². The highest BCUT2D eigenvalue weighted by molar-refractivity contribution is 7.10. The predicted octanol–water partition coefficient (Wildman–Crippen LogP) is 3.50. The number of likely N-dealkylation sites (tertiary alicyclic amines) is 1. The largest absolute Gasteiger partial charge is 0.343 e. The molecule has 0 spiro atoms. The van der Waals surface area contributed by atoms with Crippen LogP contribution in [0.1, 0.15) is 34.1 Å². The van der Waals surface area contributed by atoms with Gasteiger partial charge in [0.15, 0.2) is 0 Å². The van der Waals surface area contributed by atoms with Crippen LogP contribution < -0.4 is 5.32 Å². The quantitative estimate of drug-likeness (QED) is 0.919. The molecule has 2 heterocycles. The molecule has 1 aliphatic heterocycles. The standard InChI is InChI=1S/C17H17ClN2O2S/c18-13-5-1-4-12(10-13)17(22)19-11-16(21)20-8-2-6-14(20)15-7-3-9-23-15/h1,3-5,7,9-10,14H,2,6,8,11H2,(H,19,22). The van der Waals surface area contributed by atoms with Gasteiger partial charge in [0.1, 0.15) is 0 Å². The molecule has 3 rings (SSSR count). The Bertz CT molecular complexity index is 702. The minimum absolute atomic E-state index is 0.00716. The molecular formula is C17H17ClN2O2S. The van der Waals surface area contributed by atoms with Crippen molar-refractivity contribution in [1.82, 2.24) is 10.2 Å². The smallest absolute Gasteiger partial charge is 0.251 e. The zero-order valence-corrected chi connectivity index (χ0v) is 14.1. The number of carbonyl (C=O) groups is 2. The fourth-order valence-electron chi connectivity index (χ4n) is 2.83. The molecule has 2 aromatic rings. The van der Waals surface area contributed by atoms with Crippen LogP contribution in [0.25, 0.3) is 0 Å². The lowest BCUT2D eigenvalue weighted by Gasteiger charge is -2.24. The van der Waals surface area contributed by atoms with Crippen LogP contribution in [-0.2, 0) is 4.79 Å². The van der Waals surface area contributed by atoms with Crippen LogP contribution in [0.3, 0.4) is 0 Å². The number of hydrogen-bond acceptors (Lipinski definition) is 3. The van der Waals surface area contributed by atoms with Gasteiger partial charge in [-0.2, -0.15) is 0 Å². The molecule has 4 nitrogen and oxygen atoms in total. The van der Waals surface area contributed by atoms with Crippen molar-refractivity contribution in [3.05, 3.63) is 57.2 Å². The average molecular weight is 349 g/mol. The van der Waals surface area contributed by atoms with E-state index in [9.17, 15) is 9.59 Å². The lowest BCUT2D eigenvalue weighted by atomic mass is 10.2. The van der Waals surface area contributed by atoms with Gasteiger partial charge in [-0.05, 0) is 42.5 Å². The van der Waals surface area contributed by atoms with Crippen LogP contribution in [0.4, 0.5) is 0 Å². The van der Waals surface area contributed by atoms with Gasteiger partial charge in [0.05, 0.1) is 12.6 Å². The highest BCUT2D eigenvalue weighted by Crippen LogP contribution is 2.34. The van der Waals surface area contributed by atoms with Gasteiger partial charge in [0.25, 0.3) is 5.91 Å². The summed E-state index contributed by atoms with van der Waals surface area (Å²) in [4.78, 5) is 27.6. The molecule has 1 saturated heterocycles. The van der Waals surface area contributed by atoms with Crippen molar-refractivity contribution in [2.45, 2.75) is 18.9 Å². The van der Waals surface area contributed by atoms with E-state index in [0.717, 1.165) is 19.4 Å². The zero-order chi connectivity index (χ0) is 16.2. The first-order valence-electron chi connectivity index (χ1n) is 7.52. The third-order valence-corrected chi connectivity index (χ3v) is 5.14. The second-order valence-electron chi connectivity index (χ2n) is 5.45. The van der Waals surface area contributed by atoms with Gasteiger partial charge >= 0.3 is 0 Å². The lowest BCUT2D eigenvalue weighted by molar-refractivity contribution is -0.131. The van der Waals surface area contributed by atoms with E-state index in [1.807, 2.05) is 16.3 Å². The zero-order valence-electron chi connectivity index (χ0n) is 12.5. The summed E-state index contributed by atoms with van der Waals surface area (Å²) < 4.78 is 0. The first-order chi connectivity index (χ1) is 11.1. The van der Waals surface area contributed by atoms with Crippen molar-refractivity contribution in [3.8, 4) is 0 Å². The molecule has 1 atom stereocenters. The fraction of sp³-hybridized carbons (Fsp3) is 0.294. The minimum atomic E-state index is -0.285. The van der Waals surface area contributed by atoms with Crippen LogP contribution in [0.5, 0.6) is 0 Å². The molecule has 0 saturated carbocycles. The summed E-state index contributed by atoms with van der Waals surface area (Å²) in [5, 5.41) is 5.21. The van der Waals surface area contributed by atoms with E-state index in [4.69, 9.17) is 11.6 Å². The molecule has 1 aromatic heterocycles. The Labute approximate surface area is 144 Å². The molecule has 0 bridgehead atoms. The van der Waals surface area contributed by atoms with E-state index in [2.05, 4.69) is 11.4 Å². The maximum atomic E-state index is 12.4. The topological polar surface area (TPSA) is 49.4 Å². The van der Waals surface area contributed by atoms with E-state index in [0.29, 0.717) is 10.6 Å². The van der Waals surface area contributed by atoms with Crippen LogP contribution >= 0.6 is 22.9 Å². The second kappa shape index (κ2) is 7.15. The van der Waals surface area contributed by atoms with Crippen molar-refractivity contribution in [1.29, 1.82) is 0 Å². The molecule has 120 valence electrons. The molecule has 1 aliphatic rings. The van der Waals surface area contributed by atoms with Gasteiger partial charge in [-0.1, -0.05) is 23.7 Å². The van der Waals surface area contributed by atoms with Crippen molar-refractivity contribution >= 4 is 34.8 Å².